The first kappa shape index (κ1) is 15.8. The van der Waals surface area contributed by atoms with Crippen LogP contribution in [0.2, 0.25) is 0 Å². The van der Waals surface area contributed by atoms with E-state index in [0.29, 0.717) is 0 Å². The van der Waals surface area contributed by atoms with E-state index in [1.54, 1.807) is 14.0 Å². The fraction of sp³-hybridized carbons (Fsp3) is 0.556. The van der Waals surface area contributed by atoms with Gasteiger partial charge in [0.05, 0.1) is 7.11 Å². The number of aryl methyl sites for hydroxylation is 1. The molecule has 1 aromatic rings. The van der Waals surface area contributed by atoms with Crippen LogP contribution in [0.5, 0.6) is 5.75 Å². The molecule has 2 aliphatic rings. The zero-order valence-corrected chi connectivity index (χ0v) is 14.0. The number of methoxy groups -OCH3 is 1. The second kappa shape index (κ2) is 5.87. The second-order valence-corrected chi connectivity index (χ2v) is 6.71. The Morgan fingerprint density at radius 2 is 1.91 bits per heavy atom. The van der Waals surface area contributed by atoms with E-state index in [1.165, 1.54) is 11.3 Å². The van der Waals surface area contributed by atoms with Gasteiger partial charge in [0.2, 0.25) is 0 Å². The first-order valence-corrected chi connectivity index (χ1v) is 8.28. The predicted molar refractivity (Wildman–Crippen MR) is 87.3 cm³/mol. The highest BCUT2D eigenvalue weighted by molar-refractivity contribution is 6.07. The molecule has 1 unspecified atom stereocenters. The van der Waals surface area contributed by atoms with Crippen LogP contribution in [0, 0.1) is 6.92 Å². The summed E-state index contributed by atoms with van der Waals surface area (Å²) in [6.45, 7) is 3.73. The molecule has 2 fully saturated rings. The second-order valence-electron chi connectivity index (χ2n) is 6.71. The summed E-state index contributed by atoms with van der Waals surface area (Å²) in [6, 6.07) is 5.39. The standard InChI is InChI=1S/C18H24N2O3/c1-12-11-13(9-10-15(12)23-3)18(2)16(21)20(17(22)19-18)14-7-5-4-6-8-14/h9-11,14H,4-8H2,1-3H3,(H,19,22). The number of imide groups is 1. The molecule has 1 saturated carbocycles. The Morgan fingerprint density at radius 3 is 2.52 bits per heavy atom. The van der Waals surface area contributed by atoms with Crippen LogP contribution in [-0.2, 0) is 10.3 Å². The molecule has 0 radical (unpaired) electrons. The van der Waals surface area contributed by atoms with Crippen molar-refractivity contribution in [2.45, 2.75) is 57.5 Å². The van der Waals surface area contributed by atoms with Gasteiger partial charge in [-0.1, -0.05) is 25.3 Å². The van der Waals surface area contributed by atoms with Gasteiger partial charge >= 0.3 is 6.03 Å². The summed E-state index contributed by atoms with van der Waals surface area (Å²) in [4.78, 5) is 26.9. The van der Waals surface area contributed by atoms with Gasteiger partial charge in [0.25, 0.3) is 5.91 Å². The third-order valence-electron chi connectivity index (χ3n) is 5.13. The van der Waals surface area contributed by atoms with Crippen molar-refractivity contribution in [3.8, 4) is 5.75 Å². The molecule has 0 spiro atoms. The van der Waals surface area contributed by atoms with E-state index < -0.39 is 5.54 Å². The summed E-state index contributed by atoms with van der Waals surface area (Å²) >= 11 is 0. The monoisotopic (exact) mass is 316 g/mol. The summed E-state index contributed by atoms with van der Waals surface area (Å²) in [5.74, 6) is 0.636. The van der Waals surface area contributed by atoms with Gasteiger partial charge in [-0.2, -0.15) is 0 Å². The van der Waals surface area contributed by atoms with E-state index in [2.05, 4.69) is 5.32 Å². The summed E-state index contributed by atoms with van der Waals surface area (Å²) < 4.78 is 5.28. The van der Waals surface area contributed by atoms with Gasteiger partial charge in [-0.05, 0) is 49.9 Å². The van der Waals surface area contributed by atoms with Gasteiger partial charge in [-0.25, -0.2) is 4.79 Å². The lowest BCUT2D eigenvalue weighted by molar-refractivity contribution is -0.133. The van der Waals surface area contributed by atoms with E-state index in [4.69, 9.17) is 4.74 Å². The molecule has 0 bridgehead atoms. The topological polar surface area (TPSA) is 58.6 Å². The zero-order valence-electron chi connectivity index (χ0n) is 14.0. The lowest BCUT2D eigenvalue weighted by atomic mass is 9.89. The Bertz CT molecular complexity index is 637. The van der Waals surface area contributed by atoms with Gasteiger partial charge in [0, 0.05) is 6.04 Å². The number of ether oxygens (including phenoxy) is 1. The van der Waals surface area contributed by atoms with Gasteiger partial charge in [0.1, 0.15) is 11.3 Å². The van der Waals surface area contributed by atoms with E-state index in [0.717, 1.165) is 42.6 Å². The van der Waals surface area contributed by atoms with Crippen LogP contribution in [0.4, 0.5) is 4.79 Å². The molecule has 3 amide bonds. The smallest absolute Gasteiger partial charge is 0.325 e. The SMILES string of the molecule is COc1ccc(C2(C)NC(=O)N(C3CCCCC3)C2=O)cc1C. The first-order chi connectivity index (χ1) is 11.0. The Labute approximate surface area is 137 Å². The number of rotatable bonds is 3. The molecule has 1 aromatic carbocycles. The fourth-order valence-corrected chi connectivity index (χ4v) is 3.72. The average Bonchev–Trinajstić information content (AvgIpc) is 2.78. The molecule has 1 N–H and O–H groups in total. The summed E-state index contributed by atoms with van der Waals surface area (Å²) in [5.41, 5.74) is 0.753. The molecule has 124 valence electrons. The van der Waals surface area contributed by atoms with Gasteiger partial charge in [-0.3, -0.25) is 9.69 Å². The van der Waals surface area contributed by atoms with E-state index >= 15 is 0 Å². The minimum atomic E-state index is -0.994. The number of urea groups is 1. The average molecular weight is 316 g/mol. The van der Waals surface area contributed by atoms with Crippen molar-refractivity contribution in [2.24, 2.45) is 0 Å². The molecule has 1 aliphatic carbocycles. The molecular formula is C18H24N2O3. The Balaban J connectivity index is 1.91. The number of nitrogens with zero attached hydrogens (tertiary/aromatic N) is 1. The maximum Gasteiger partial charge on any atom is 0.325 e. The highest BCUT2D eigenvalue weighted by Gasteiger charge is 2.51. The highest BCUT2D eigenvalue weighted by atomic mass is 16.5. The molecule has 1 heterocycles. The van der Waals surface area contributed by atoms with E-state index in [9.17, 15) is 9.59 Å². The summed E-state index contributed by atoms with van der Waals surface area (Å²) in [7, 11) is 1.62. The Morgan fingerprint density at radius 1 is 1.22 bits per heavy atom. The van der Waals surface area contributed by atoms with Crippen molar-refractivity contribution >= 4 is 11.9 Å². The Hall–Kier alpha value is -2.04. The summed E-state index contributed by atoms with van der Waals surface area (Å²) in [5, 5.41) is 2.91. The van der Waals surface area contributed by atoms with Gasteiger partial charge in [-0.15, -0.1) is 0 Å². The molecule has 23 heavy (non-hydrogen) atoms. The van der Waals surface area contributed by atoms with Gasteiger partial charge < -0.3 is 10.1 Å². The quantitative estimate of drug-likeness (QED) is 0.872. The van der Waals surface area contributed by atoms with Crippen molar-refractivity contribution in [1.29, 1.82) is 0 Å². The molecule has 5 nitrogen and oxygen atoms in total. The zero-order chi connectivity index (χ0) is 16.6. The number of hydrogen-bond donors (Lipinski definition) is 1. The van der Waals surface area contributed by atoms with Crippen LogP contribution in [0.25, 0.3) is 0 Å². The van der Waals surface area contributed by atoms with Crippen LogP contribution in [0.1, 0.15) is 50.2 Å². The molecule has 3 rings (SSSR count). The molecular weight excluding hydrogens is 292 g/mol. The van der Waals surface area contributed by atoms with Crippen LogP contribution in [0.15, 0.2) is 18.2 Å². The number of benzene rings is 1. The third-order valence-corrected chi connectivity index (χ3v) is 5.13. The van der Waals surface area contributed by atoms with Gasteiger partial charge in [0.15, 0.2) is 0 Å². The normalized spacial score (nSPS) is 25.6. The number of nitrogens with one attached hydrogen (secondary N) is 1. The highest BCUT2D eigenvalue weighted by Crippen LogP contribution is 2.35. The number of carbonyl (C=O) groups excluding carboxylic acids is 2. The lowest BCUT2D eigenvalue weighted by Gasteiger charge is -2.30. The van der Waals surface area contributed by atoms with Crippen LogP contribution in [0.3, 0.4) is 0 Å². The number of carbonyl (C=O) groups is 2. The van der Waals surface area contributed by atoms with Crippen molar-refractivity contribution < 1.29 is 14.3 Å². The van der Waals surface area contributed by atoms with E-state index in [1.807, 2.05) is 25.1 Å². The number of amides is 3. The Kier molecular flexibility index (Phi) is 4.04. The maximum atomic E-state index is 13.0. The molecule has 1 atom stereocenters. The molecule has 1 saturated heterocycles. The molecule has 5 heteroatoms. The first-order valence-electron chi connectivity index (χ1n) is 8.28. The minimum Gasteiger partial charge on any atom is -0.496 e. The van der Waals surface area contributed by atoms with E-state index in [-0.39, 0.29) is 18.0 Å². The van der Waals surface area contributed by atoms with Crippen LogP contribution < -0.4 is 10.1 Å². The van der Waals surface area contributed by atoms with Crippen molar-refractivity contribution in [3.63, 3.8) is 0 Å². The maximum absolute atomic E-state index is 13.0. The van der Waals surface area contributed by atoms with Crippen molar-refractivity contribution in [3.05, 3.63) is 29.3 Å². The molecule has 0 aromatic heterocycles. The summed E-state index contributed by atoms with van der Waals surface area (Å²) in [6.07, 6.45) is 5.18. The lowest BCUT2D eigenvalue weighted by Crippen LogP contribution is -2.44. The minimum absolute atomic E-state index is 0.0393. The van der Waals surface area contributed by atoms with Crippen LogP contribution in [-0.4, -0.2) is 30.0 Å². The van der Waals surface area contributed by atoms with Crippen molar-refractivity contribution in [2.75, 3.05) is 7.11 Å². The number of hydrogen-bond acceptors (Lipinski definition) is 3. The van der Waals surface area contributed by atoms with Crippen LogP contribution >= 0.6 is 0 Å². The third kappa shape index (κ3) is 2.58. The fourth-order valence-electron chi connectivity index (χ4n) is 3.72. The molecule has 1 aliphatic heterocycles. The van der Waals surface area contributed by atoms with Crippen molar-refractivity contribution in [1.82, 2.24) is 10.2 Å². The largest absolute Gasteiger partial charge is 0.496 e. The predicted octanol–water partition coefficient (Wildman–Crippen LogP) is 3.10.